The van der Waals surface area contributed by atoms with Crippen LogP contribution in [0.3, 0.4) is 0 Å². The molecule has 1 atom stereocenters. The fourth-order valence-corrected chi connectivity index (χ4v) is 9.90. The number of benzene rings is 8. The standard InChI is InChI=1S/C26H18.C16H16.C16H18/c1-17-14-15-21-20-10-4-7-13-24(20)26(25(21)16-17)22-11-5-2-8-18(22)19-9-3-6-12-23(19)26;1-11-8-9-13-12-6-4-5-7-14(12)16(2,3)15(13)10-11;1-3-13(2)14-9-11-16(12-10-14)15-7-5-4-6-8-15/h2-16H,1H3;4-10H,1-3H3;4-13H,3H2,1-2H3. The molecule has 0 heterocycles. The van der Waals surface area contributed by atoms with Gasteiger partial charge in [-0.05, 0) is 110 Å². The van der Waals surface area contributed by atoms with Crippen LogP contribution in [0.5, 0.6) is 0 Å². The van der Waals surface area contributed by atoms with E-state index in [1.807, 2.05) is 0 Å². The van der Waals surface area contributed by atoms with E-state index in [4.69, 9.17) is 0 Å². The molecule has 0 aliphatic heterocycles. The number of rotatable bonds is 3. The smallest absolute Gasteiger partial charge is 0.0648 e. The van der Waals surface area contributed by atoms with Gasteiger partial charge in [0.25, 0.3) is 0 Å². The van der Waals surface area contributed by atoms with Gasteiger partial charge in [-0.2, -0.15) is 0 Å². The highest BCUT2D eigenvalue weighted by Gasteiger charge is 2.51. The van der Waals surface area contributed by atoms with Crippen LogP contribution in [0.15, 0.2) is 188 Å². The van der Waals surface area contributed by atoms with Crippen molar-refractivity contribution in [1.29, 1.82) is 0 Å². The average Bonchev–Trinajstić information content (AvgIpc) is 3.82. The van der Waals surface area contributed by atoms with Crippen LogP contribution < -0.4 is 0 Å². The van der Waals surface area contributed by atoms with Crippen LogP contribution in [-0.2, 0) is 10.8 Å². The van der Waals surface area contributed by atoms with Crippen LogP contribution in [0.25, 0.3) is 44.5 Å². The molecule has 11 rings (SSSR count). The summed E-state index contributed by atoms with van der Waals surface area (Å²) in [6, 6.07) is 68.8. The molecule has 0 bridgehead atoms. The molecule has 1 unspecified atom stereocenters. The lowest BCUT2D eigenvalue weighted by atomic mass is 9.70. The van der Waals surface area contributed by atoms with Crippen molar-refractivity contribution < 1.29 is 0 Å². The highest BCUT2D eigenvalue weighted by molar-refractivity contribution is 5.95. The zero-order valence-electron chi connectivity index (χ0n) is 34.7. The summed E-state index contributed by atoms with van der Waals surface area (Å²) in [6.07, 6.45) is 1.20. The number of aryl methyl sites for hydroxylation is 2. The van der Waals surface area contributed by atoms with Crippen molar-refractivity contribution in [2.75, 3.05) is 0 Å². The first-order valence-electron chi connectivity index (χ1n) is 21.0. The molecule has 0 radical (unpaired) electrons. The molecular weight excluding hydrogens is 697 g/mol. The Bertz CT molecular complexity index is 2700. The third kappa shape index (κ3) is 6.06. The van der Waals surface area contributed by atoms with Crippen molar-refractivity contribution in [3.8, 4) is 44.5 Å². The lowest BCUT2D eigenvalue weighted by molar-refractivity contribution is 0.660. The van der Waals surface area contributed by atoms with Gasteiger partial charge in [0, 0.05) is 5.41 Å². The Morgan fingerprint density at radius 1 is 0.379 bits per heavy atom. The van der Waals surface area contributed by atoms with E-state index >= 15 is 0 Å². The molecule has 284 valence electrons. The van der Waals surface area contributed by atoms with Crippen LogP contribution in [0.4, 0.5) is 0 Å². The fourth-order valence-electron chi connectivity index (χ4n) is 9.90. The molecule has 0 saturated heterocycles. The first-order valence-corrected chi connectivity index (χ1v) is 21.0. The van der Waals surface area contributed by atoms with E-state index < -0.39 is 0 Å². The van der Waals surface area contributed by atoms with Gasteiger partial charge in [-0.25, -0.2) is 0 Å². The normalized spacial score (nSPS) is 14.3. The van der Waals surface area contributed by atoms with Crippen LogP contribution in [0.2, 0.25) is 0 Å². The van der Waals surface area contributed by atoms with Crippen LogP contribution in [-0.4, -0.2) is 0 Å². The van der Waals surface area contributed by atoms with E-state index in [1.165, 1.54) is 101 Å². The second-order valence-corrected chi connectivity index (χ2v) is 17.0. The van der Waals surface area contributed by atoms with E-state index in [2.05, 4.69) is 230 Å². The molecule has 3 aliphatic carbocycles. The van der Waals surface area contributed by atoms with Gasteiger partial charge in [-0.3, -0.25) is 0 Å². The van der Waals surface area contributed by atoms with Crippen molar-refractivity contribution in [2.24, 2.45) is 0 Å². The summed E-state index contributed by atoms with van der Waals surface area (Å²) in [5.74, 6) is 0.657. The Hall–Kier alpha value is -6.24. The van der Waals surface area contributed by atoms with Crippen molar-refractivity contribution in [1.82, 2.24) is 0 Å². The Morgan fingerprint density at radius 3 is 1.26 bits per heavy atom. The molecule has 1 spiro atoms. The Balaban J connectivity index is 0.000000119. The summed E-state index contributed by atoms with van der Waals surface area (Å²) < 4.78 is 0. The Kier molecular flexibility index (Phi) is 9.61. The maximum Gasteiger partial charge on any atom is 0.0725 e. The van der Waals surface area contributed by atoms with Crippen LogP contribution in [0, 0.1) is 13.8 Å². The first-order chi connectivity index (χ1) is 28.2. The first kappa shape index (κ1) is 37.3. The molecule has 0 fully saturated rings. The zero-order chi connectivity index (χ0) is 40.0. The number of fused-ring (bicyclic) bond motifs is 13. The van der Waals surface area contributed by atoms with Gasteiger partial charge in [0.05, 0.1) is 5.41 Å². The maximum atomic E-state index is 2.40. The molecular formula is C58H52. The quantitative estimate of drug-likeness (QED) is 0.169. The highest BCUT2D eigenvalue weighted by Crippen LogP contribution is 2.62. The van der Waals surface area contributed by atoms with Gasteiger partial charge in [0.2, 0.25) is 0 Å². The fraction of sp³-hybridized carbons (Fsp3) is 0.172. The van der Waals surface area contributed by atoms with Gasteiger partial charge in [0.15, 0.2) is 0 Å². The van der Waals surface area contributed by atoms with Crippen molar-refractivity contribution in [3.63, 3.8) is 0 Å². The van der Waals surface area contributed by atoms with Crippen molar-refractivity contribution >= 4 is 0 Å². The molecule has 0 heteroatoms. The van der Waals surface area contributed by atoms with Gasteiger partial charge in [-0.1, -0.05) is 227 Å². The monoisotopic (exact) mass is 748 g/mol. The van der Waals surface area contributed by atoms with Gasteiger partial charge in [-0.15, -0.1) is 0 Å². The minimum Gasteiger partial charge on any atom is -0.0648 e. The Labute approximate surface area is 345 Å². The number of hydrogen-bond donors (Lipinski definition) is 0. The van der Waals surface area contributed by atoms with E-state index in [-0.39, 0.29) is 10.8 Å². The second-order valence-electron chi connectivity index (χ2n) is 17.0. The van der Waals surface area contributed by atoms with E-state index in [9.17, 15) is 0 Å². The summed E-state index contributed by atoms with van der Waals surface area (Å²) in [4.78, 5) is 0. The summed E-state index contributed by atoms with van der Waals surface area (Å²) in [6.45, 7) is 13.5. The third-order valence-corrected chi connectivity index (χ3v) is 13.1. The molecule has 58 heavy (non-hydrogen) atoms. The minimum absolute atomic E-state index is 0.151. The highest BCUT2D eigenvalue weighted by atomic mass is 14.5. The van der Waals surface area contributed by atoms with Crippen LogP contribution in [0.1, 0.15) is 90.1 Å². The second kappa shape index (κ2) is 14.9. The molecule has 8 aromatic rings. The van der Waals surface area contributed by atoms with Crippen molar-refractivity contribution in [2.45, 2.75) is 64.7 Å². The maximum absolute atomic E-state index is 2.40. The average molecular weight is 749 g/mol. The van der Waals surface area contributed by atoms with E-state index in [0.29, 0.717) is 5.92 Å². The summed E-state index contributed by atoms with van der Waals surface area (Å²) in [5, 5.41) is 0. The SMILES string of the molecule is CCC(C)c1ccc(-c2ccccc2)cc1.Cc1ccc2c(c1)C(C)(C)c1ccccc1-2.Cc1ccc2c(c1)C1(c3ccccc3-c3ccccc31)c1ccccc1-2. The van der Waals surface area contributed by atoms with E-state index in [0.717, 1.165) is 0 Å². The largest absolute Gasteiger partial charge is 0.0725 e. The molecule has 3 aliphatic rings. The molecule has 0 amide bonds. The topological polar surface area (TPSA) is 0 Å². The lowest BCUT2D eigenvalue weighted by Gasteiger charge is -2.30. The molecule has 8 aromatic carbocycles. The zero-order valence-corrected chi connectivity index (χ0v) is 34.7. The Morgan fingerprint density at radius 2 is 0.759 bits per heavy atom. The summed E-state index contributed by atoms with van der Waals surface area (Å²) >= 11 is 0. The van der Waals surface area contributed by atoms with Crippen molar-refractivity contribution in [3.05, 3.63) is 238 Å². The molecule has 0 N–H and O–H groups in total. The van der Waals surface area contributed by atoms with Gasteiger partial charge in [0.1, 0.15) is 0 Å². The predicted octanol–water partition coefficient (Wildman–Crippen LogP) is 15.5. The predicted molar refractivity (Wildman–Crippen MR) is 247 cm³/mol. The minimum atomic E-state index is -0.189. The van der Waals surface area contributed by atoms with Gasteiger partial charge < -0.3 is 0 Å². The summed E-state index contributed by atoms with van der Waals surface area (Å²) in [7, 11) is 0. The van der Waals surface area contributed by atoms with Crippen LogP contribution >= 0.6 is 0 Å². The van der Waals surface area contributed by atoms with E-state index in [1.54, 1.807) is 0 Å². The lowest BCUT2D eigenvalue weighted by Crippen LogP contribution is -2.25. The third-order valence-electron chi connectivity index (χ3n) is 13.1. The number of hydrogen-bond acceptors (Lipinski definition) is 0. The molecule has 0 saturated carbocycles. The summed E-state index contributed by atoms with van der Waals surface area (Å²) in [5.41, 5.74) is 23.5. The van der Waals surface area contributed by atoms with Gasteiger partial charge >= 0.3 is 0 Å². The molecule has 0 nitrogen and oxygen atoms in total. The molecule has 0 aromatic heterocycles.